The largest absolute Gasteiger partial charge is 0.444 e. The molecule has 0 radical (unpaired) electrons. The molecule has 192 valence electrons. The van der Waals surface area contributed by atoms with Gasteiger partial charge in [0.1, 0.15) is 5.60 Å². The van der Waals surface area contributed by atoms with E-state index in [1.807, 2.05) is 20.8 Å². The summed E-state index contributed by atoms with van der Waals surface area (Å²) < 4.78 is 5.48. The molecule has 9 heteroatoms. The van der Waals surface area contributed by atoms with E-state index in [4.69, 9.17) is 10.5 Å². The number of nitrogens with two attached hydrogens (primary N) is 1. The Morgan fingerprint density at radius 2 is 1.68 bits per heavy atom. The molecule has 0 bridgehead atoms. The van der Waals surface area contributed by atoms with E-state index in [-0.39, 0.29) is 23.3 Å². The van der Waals surface area contributed by atoms with Crippen molar-refractivity contribution in [2.45, 2.75) is 103 Å². The third kappa shape index (κ3) is 6.29. The summed E-state index contributed by atoms with van der Waals surface area (Å²) in [4.78, 5) is 52.1. The second-order valence-corrected chi connectivity index (χ2v) is 11.8. The molecule has 34 heavy (non-hydrogen) atoms. The Bertz CT molecular complexity index is 806. The molecule has 0 aromatic rings. The third-order valence-corrected chi connectivity index (χ3v) is 7.67. The highest BCUT2D eigenvalue weighted by molar-refractivity contribution is 6.37. The molecular formula is C25H42N4O5. The lowest BCUT2D eigenvalue weighted by Gasteiger charge is -2.34. The minimum absolute atomic E-state index is 0.0429. The fourth-order valence-electron chi connectivity index (χ4n) is 5.81. The summed E-state index contributed by atoms with van der Waals surface area (Å²) in [5.74, 6) is -1.42. The molecule has 4 N–H and O–H groups in total. The predicted octanol–water partition coefficient (Wildman–Crippen LogP) is 2.12. The number of nitrogens with one attached hydrogen (secondary N) is 2. The van der Waals surface area contributed by atoms with Gasteiger partial charge in [0.15, 0.2) is 0 Å². The molecule has 5 atom stereocenters. The van der Waals surface area contributed by atoms with E-state index in [1.54, 1.807) is 0 Å². The number of primary amides is 1. The van der Waals surface area contributed by atoms with Crippen molar-refractivity contribution in [2.75, 3.05) is 13.1 Å². The average molecular weight is 479 g/mol. The molecule has 9 nitrogen and oxygen atoms in total. The van der Waals surface area contributed by atoms with Gasteiger partial charge in [0.25, 0.3) is 5.91 Å². The molecule has 1 aliphatic carbocycles. The van der Waals surface area contributed by atoms with Crippen molar-refractivity contribution in [1.29, 1.82) is 0 Å². The molecule has 0 unspecified atom stereocenters. The molecule has 3 amide bonds. The van der Waals surface area contributed by atoms with Gasteiger partial charge in [-0.15, -0.1) is 0 Å². The highest BCUT2D eigenvalue weighted by Crippen LogP contribution is 2.64. The minimum Gasteiger partial charge on any atom is -0.444 e. The first kappa shape index (κ1) is 26.4. The molecule has 0 aromatic heterocycles. The van der Waals surface area contributed by atoms with Crippen LogP contribution in [0.15, 0.2) is 0 Å². The van der Waals surface area contributed by atoms with Crippen LogP contribution in [-0.2, 0) is 19.1 Å². The SMILES string of the molecule is CC(C)(C)OC(=O)N[C@H]1CCCCCCC[C@@H](C(=O)C(N)=O)NC(=O)[C@@H]2[C@@H]3[C@H](CN2C1)C3(C)C. The topological polar surface area (TPSA) is 131 Å². The molecule has 3 fully saturated rings. The van der Waals surface area contributed by atoms with Crippen LogP contribution in [-0.4, -0.2) is 65.4 Å². The number of alkyl carbamates (subject to hydrolysis) is 1. The van der Waals surface area contributed by atoms with Crippen LogP contribution in [0.3, 0.4) is 0 Å². The van der Waals surface area contributed by atoms with Crippen LogP contribution < -0.4 is 16.4 Å². The molecule has 0 aromatic carbocycles. The minimum atomic E-state index is -1.01. The number of piperidine rings is 1. The Hall–Kier alpha value is -2.16. The number of ether oxygens (including phenoxy) is 1. The van der Waals surface area contributed by atoms with Crippen molar-refractivity contribution in [1.82, 2.24) is 15.5 Å². The maximum Gasteiger partial charge on any atom is 0.407 e. The maximum atomic E-state index is 13.5. The Balaban J connectivity index is 1.79. The number of ketones is 1. The summed E-state index contributed by atoms with van der Waals surface area (Å²) in [7, 11) is 0. The van der Waals surface area contributed by atoms with Gasteiger partial charge in [0, 0.05) is 19.1 Å². The van der Waals surface area contributed by atoms with Gasteiger partial charge in [-0.05, 0) is 50.9 Å². The van der Waals surface area contributed by atoms with Gasteiger partial charge >= 0.3 is 6.09 Å². The van der Waals surface area contributed by atoms with Crippen molar-refractivity contribution in [3.8, 4) is 0 Å². The van der Waals surface area contributed by atoms with Crippen LogP contribution in [0.2, 0.25) is 0 Å². The van der Waals surface area contributed by atoms with Gasteiger partial charge in [-0.3, -0.25) is 19.3 Å². The Morgan fingerprint density at radius 1 is 1.06 bits per heavy atom. The zero-order valence-corrected chi connectivity index (χ0v) is 21.3. The lowest BCUT2D eigenvalue weighted by Crippen LogP contribution is -2.56. The Labute approximate surface area is 202 Å². The molecule has 2 heterocycles. The number of rotatable bonds is 3. The number of Topliss-reactive ketones (excluding diaryl/α,β-unsaturated/α-hetero) is 1. The second kappa shape index (κ2) is 10.2. The molecule has 0 spiro atoms. The highest BCUT2D eigenvalue weighted by Gasteiger charge is 2.68. The highest BCUT2D eigenvalue weighted by atomic mass is 16.6. The average Bonchev–Trinajstić information content (AvgIpc) is 3.05. The molecule has 2 saturated heterocycles. The number of hydrogen-bond acceptors (Lipinski definition) is 6. The van der Waals surface area contributed by atoms with Crippen molar-refractivity contribution in [2.24, 2.45) is 23.0 Å². The van der Waals surface area contributed by atoms with Crippen molar-refractivity contribution < 1.29 is 23.9 Å². The zero-order chi connectivity index (χ0) is 25.3. The van der Waals surface area contributed by atoms with Crippen LogP contribution in [0.1, 0.15) is 79.6 Å². The maximum absolute atomic E-state index is 13.5. The molecule has 1 saturated carbocycles. The summed E-state index contributed by atoms with van der Waals surface area (Å²) in [5, 5.41) is 5.89. The molecule has 3 rings (SSSR count). The van der Waals surface area contributed by atoms with Crippen LogP contribution in [0.5, 0.6) is 0 Å². The van der Waals surface area contributed by atoms with Crippen molar-refractivity contribution >= 4 is 23.7 Å². The summed E-state index contributed by atoms with van der Waals surface area (Å²) >= 11 is 0. The van der Waals surface area contributed by atoms with E-state index < -0.39 is 35.5 Å². The number of carbonyl (C=O) groups is 4. The van der Waals surface area contributed by atoms with E-state index >= 15 is 0 Å². The lowest BCUT2D eigenvalue weighted by molar-refractivity contribution is -0.139. The van der Waals surface area contributed by atoms with Gasteiger partial charge in [-0.1, -0.05) is 46.0 Å². The molecular weight excluding hydrogens is 436 g/mol. The van der Waals surface area contributed by atoms with Crippen LogP contribution in [0.4, 0.5) is 4.79 Å². The number of nitrogens with zero attached hydrogens (tertiary/aromatic N) is 1. The fourth-order valence-corrected chi connectivity index (χ4v) is 5.81. The Kier molecular flexibility index (Phi) is 7.95. The number of amides is 3. The monoisotopic (exact) mass is 478 g/mol. The van der Waals surface area contributed by atoms with E-state index in [1.165, 1.54) is 0 Å². The first-order valence-electron chi connectivity index (χ1n) is 12.7. The van der Waals surface area contributed by atoms with Crippen LogP contribution in [0.25, 0.3) is 0 Å². The van der Waals surface area contributed by atoms with E-state index in [0.717, 1.165) is 45.1 Å². The molecule has 2 aliphatic heterocycles. The third-order valence-electron chi connectivity index (χ3n) is 7.67. The number of hydrogen-bond donors (Lipinski definition) is 3. The quantitative estimate of drug-likeness (QED) is 0.533. The summed E-state index contributed by atoms with van der Waals surface area (Å²) in [6.07, 6.45) is 5.35. The van der Waals surface area contributed by atoms with E-state index in [0.29, 0.717) is 18.9 Å². The first-order valence-corrected chi connectivity index (χ1v) is 12.7. The van der Waals surface area contributed by atoms with Crippen LogP contribution in [0, 0.1) is 17.3 Å². The summed E-state index contributed by atoms with van der Waals surface area (Å²) in [6, 6.07) is -1.43. The van der Waals surface area contributed by atoms with Gasteiger partial charge < -0.3 is 21.1 Å². The summed E-state index contributed by atoms with van der Waals surface area (Å²) in [5.41, 5.74) is 4.72. The predicted molar refractivity (Wildman–Crippen MR) is 128 cm³/mol. The van der Waals surface area contributed by atoms with Crippen molar-refractivity contribution in [3.05, 3.63) is 0 Å². The number of carbonyl (C=O) groups excluding carboxylic acids is 4. The standard InChI is InChI=1S/C25H42N4O5/c1-24(2,3)34-23(33)27-15-11-9-7-6-8-10-12-17(20(30)21(26)31)28-22(32)19-18-16(25(18,4)5)14-29(19)13-15/h15-19H,6-14H2,1-5H3,(H2,26,31)(H,27,33)(H,28,32)/t15-,16-,17-,18-,19-/m0/s1. The van der Waals surface area contributed by atoms with Gasteiger partial charge in [0.2, 0.25) is 11.7 Å². The van der Waals surface area contributed by atoms with E-state index in [9.17, 15) is 19.2 Å². The molecule has 3 aliphatic rings. The first-order chi connectivity index (χ1) is 15.8. The second-order valence-electron chi connectivity index (χ2n) is 11.8. The van der Waals surface area contributed by atoms with Gasteiger partial charge in [0.05, 0.1) is 12.1 Å². The smallest absolute Gasteiger partial charge is 0.407 e. The summed E-state index contributed by atoms with van der Waals surface area (Å²) in [6.45, 7) is 11.1. The lowest BCUT2D eigenvalue weighted by atomic mass is 9.97. The zero-order valence-electron chi connectivity index (χ0n) is 21.3. The van der Waals surface area contributed by atoms with Crippen LogP contribution >= 0.6 is 0 Å². The van der Waals surface area contributed by atoms with E-state index in [2.05, 4.69) is 29.4 Å². The van der Waals surface area contributed by atoms with Gasteiger partial charge in [-0.2, -0.15) is 0 Å². The normalized spacial score (nSPS) is 32.4. The van der Waals surface area contributed by atoms with Gasteiger partial charge in [-0.25, -0.2) is 4.79 Å². The van der Waals surface area contributed by atoms with Crippen molar-refractivity contribution in [3.63, 3.8) is 0 Å². The fraction of sp³-hybridized carbons (Fsp3) is 0.840. The Morgan fingerprint density at radius 3 is 2.29 bits per heavy atom. The number of fused-ring (bicyclic) bond motifs is 3.